The van der Waals surface area contributed by atoms with Crippen LogP contribution < -0.4 is 10.1 Å². The molecule has 0 bridgehead atoms. The third-order valence-electron chi connectivity index (χ3n) is 4.55. The Morgan fingerprint density at radius 2 is 2.00 bits per heavy atom. The summed E-state index contributed by atoms with van der Waals surface area (Å²) in [7, 11) is 0. The summed E-state index contributed by atoms with van der Waals surface area (Å²) in [6.45, 7) is 3.43. The van der Waals surface area contributed by atoms with E-state index in [1.54, 1.807) is 4.90 Å². The van der Waals surface area contributed by atoms with Crippen LogP contribution in [-0.2, 0) is 13.0 Å². The van der Waals surface area contributed by atoms with Crippen molar-refractivity contribution in [2.75, 3.05) is 19.8 Å². The van der Waals surface area contributed by atoms with Crippen LogP contribution >= 0.6 is 0 Å². The average molecular weight is 340 g/mol. The van der Waals surface area contributed by atoms with Gasteiger partial charge in [0.25, 0.3) is 0 Å². The lowest BCUT2D eigenvalue weighted by atomic mass is 9.93. The molecule has 5 heteroatoms. The van der Waals surface area contributed by atoms with Gasteiger partial charge in [0.2, 0.25) is 0 Å². The molecule has 0 saturated carbocycles. The highest BCUT2D eigenvalue weighted by Crippen LogP contribution is 2.29. The van der Waals surface area contributed by atoms with Crippen molar-refractivity contribution in [2.45, 2.75) is 25.9 Å². The van der Waals surface area contributed by atoms with E-state index in [0.29, 0.717) is 19.7 Å². The monoisotopic (exact) mass is 340 g/mol. The largest absolute Gasteiger partial charge is 0.494 e. The Morgan fingerprint density at radius 1 is 1.24 bits per heavy atom. The van der Waals surface area contributed by atoms with Crippen LogP contribution in [0.25, 0.3) is 0 Å². The van der Waals surface area contributed by atoms with Crippen LogP contribution in [0, 0.1) is 0 Å². The number of urea groups is 1. The van der Waals surface area contributed by atoms with Gasteiger partial charge in [-0.15, -0.1) is 0 Å². The molecule has 2 N–H and O–H groups in total. The quantitative estimate of drug-likeness (QED) is 0.880. The Kier molecular flexibility index (Phi) is 5.56. The standard InChI is InChI=1S/C20H24N2O3/c1-2-25-19-10-6-4-8-16(19)13-21-20(24)22-12-11-15-7-3-5-9-17(15)18(22)14-23/h3-10,18,23H,2,11-14H2,1H3,(H,21,24). The molecule has 0 aromatic heterocycles. The minimum Gasteiger partial charge on any atom is -0.494 e. The third-order valence-corrected chi connectivity index (χ3v) is 4.55. The normalized spacial score (nSPS) is 16.2. The molecule has 3 rings (SSSR count). The van der Waals surface area contributed by atoms with Gasteiger partial charge in [0, 0.05) is 18.7 Å². The number of ether oxygens (including phenoxy) is 1. The molecule has 1 aliphatic heterocycles. The van der Waals surface area contributed by atoms with Crippen molar-refractivity contribution in [3.8, 4) is 5.75 Å². The number of benzene rings is 2. The van der Waals surface area contributed by atoms with E-state index < -0.39 is 0 Å². The number of nitrogens with one attached hydrogen (secondary N) is 1. The summed E-state index contributed by atoms with van der Waals surface area (Å²) < 4.78 is 5.60. The summed E-state index contributed by atoms with van der Waals surface area (Å²) in [6, 6.07) is 15.2. The molecule has 1 heterocycles. The van der Waals surface area contributed by atoms with Gasteiger partial charge in [-0.25, -0.2) is 4.79 Å². The van der Waals surface area contributed by atoms with Crippen LogP contribution in [0.15, 0.2) is 48.5 Å². The van der Waals surface area contributed by atoms with E-state index in [9.17, 15) is 9.90 Å². The fourth-order valence-electron chi connectivity index (χ4n) is 3.31. The molecule has 1 aliphatic rings. The molecule has 0 spiro atoms. The molecule has 0 radical (unpaired) electrons. The lowest BCUT2D eigenvalue weighted by molar-refractivity contribution is 0.126. The van der Waals surface area contributed by atoms with Gasteiger partial charge in [-0.05, 0) is 30.5 Å². The number of amides is 2. The zero-order valence-corrected chi connectivity index (χ0v) is 14.4. The van der Waals surface area contributed by atoms with Gasteiger partial charge in [0.05, 0.1) is 19.3 Å². The van der Waals surface area contributed by atoms with Gasteiger partial charge >= 0.3 is 6.03 Å². The second-order valence-corrected chi connectivity index (χ2v) is 6.04. The predicted octanol–water partition coefficient (Wildman–Crippen LogP) is 2.89. The minimum absolute atomic E-state index is 0.0834. The van der Waals surface area contributed by atoms with E-state index in [1.165, 1.54) is 5.56 Å². The third kappa shape index (κ3) is 3.77. The van der Waals surface area contributed by atoms with Gasteiger partial charge in [-0.2, -0.15) is 0 Å². The number of carbonyl (C=O) groups excluding carboxylic acids is 1. The van der Waals surface area contributed by atoms with Crippen LogP contribution in [0.2, 0.25) is 0 Å². The smallest absolute Gasteiger partial charge is 0.318 e. The summed E-state index contributed by atoms with van der Waals surface area (Å²) in [5.74, 6) is 0.785. The molecular weight excluding hydrogens is 316 g/mol. The van der Waals surface area contributed by atoms with E-state index in [-0.39, 0.29) is 18.7 Å². The van der Waals surface area contributed by atoms with Crippen molar-refractivity contribution in [3.05, 3.63) is 65.2 Å². The Morgan fingerprint density at radius 3 is 2.80 bits per heavy atom. The van der Waals surface area contributed by atoms with Crippen LogP contribution in [0.5, 0.6) is 5.75 Å². The highest BCUT2D eigenvalue weighted by atomic mass is 16.5. The lowest BCUT2D eigenvalue weighted by Gasteiger charge is -2.36. The first kappa shape index (κ1) is 17.3. The fourth-order valence-corrected chi connectivity index (χ4v) is 3.31. The van der Waals surface area contributed by atoms with Crippen LogP contribution in [0.1, 0.15) is 29.7 Å². The molecule has 5 nitrogen and oxygen atoms in total. The molecule has 1 unspecified atom stereocenters. The summed E-state index contributed by atoms with van der Waals surface area (Å²) in [5, 5.41) is 12.8. The van der Waals surface area contributed by atoms with Crippen molar-refractivity contribution in [2.24, 2.45) is 0 Å². The first-order valence-corrected chi connectivity index (χ1v) is 8.68. The van der Waals surface area contributed by atoms with Crippen LogP contribution in [-0.4, -0.2) is 35.8 Å². The topological polar surface area (TPSA) is 61.8 Å². The molecule has 25 heavy (non-hydrogen) atoms. The summed E-state index contributed by atoms with van der Waals surface area (Å²) in [5.41, 5.74) is 3.17. The van der Waals surface area contributed by atoms with Crippen molar-refractivity contribution in [1.29, 1.82) is 0 Å². The zero-order chi connectivity index (χ0) is 17.6. The van der Waals surface area contributed by atoms with Gasteiger partial charge in [0.1, 0.15) is 5.75 Å². The summed E-state index contributed by atoms with van der Waals surface area (Å²) >= 11 is 0. The molecular formula is C20H24N2O3. The number of carbonyl (C=O) groups is 1. The minimum atomic E-state index is -0.299. The van der Waals surface area contributed by atoms with E-state index in [4.69, 9.17) is 4.74 Å². The number of aliphatic hydroxyl groups is 1. The molecule has 0 aliphatic carbocycles. The van der Waals surface area contributed by atoms with E-state index in [0.717, 1.165) is 23.3 Å². The van der Waals surface area contributed by atoms with E-state index >= 15 is 0 Å². The molecule has 0 saturated heterocycles. The van der Waals surface area contributed by atoms with Gasteiger partial charge in [-0.3, -0.25) is 0 Å². The highest BCUT2D eigenvalue weighted by molar-refractivity contribution is 5.75. The number of aliphatic hydroxyl groups excluding tert-OH is 1. The summed E-state index contributed by atoms with van der Waals surface area (Å²) in [4.78, 5) is 14.4. The fraction of sp³-hybridized carbons (Fsp3) is 0.350. The Hall–Kier alpha value is -2.53. The second-order valence-electron chi connectivity index (χ2n) is 6.04. The molecule has 2 amide bonds. The van der Waals surface area contributed by atoms with Crippen molar-refractivity contribution in [3.63, 3.8) is 0 Å². The first-order valence-electron chi connectivity index (χ1n) is 8.68. The van der Waals surface area contributed by atoms with Crippen LogP contribution in [0.4, 0.5) is 4.79 Å². The maximum atomic E-state index is 12.7. The number of fused-ring (bicyclic) bond motifs is 1. The Balaban J connectivity index is 1.70. The SMILES string of the molecule is CCOc1ccccc1CNC(=O)N1CCc2ccccc2C1CO. The number of nitrogens with zero attached hydrogens (tertiary/aromatic N) is 1. The van der Waals surface area contributed by atoms with E-state index in [2.05, 4.69) is 11.4 Å². The molecule has 0 fully saturated rings. The predicted molar refractivity (Wildman–Crippen MR) is 96.5 cm³/mol. The zero-order valence-electron chi connectivity index (χ0n) is 14.4. The molecule has 132 valence electrons. The van der Waals surface area contributed by atoms with Crippen molar-refractivity contribution < 1.29 is 14.6 Å². The number of rotatable bonds is 5. The van der Waals surface area contributed by atoms with Crippen LogP contribution in [0.3, 0.4) is 0 Å². The Labute approximate surface area is 148 Å². The van der Waals surface area contributed by atoms with E-state index in [1.807, 2.05) is 49.4 Å². The maximum absolute atomic E-state index is 12.7. The van der Waals surface area contributed by atoms with Crippen molar-refractivity contribution >= 4 is 6.03 Å². The second kappa shape index (κ2) is 8.03. The Bertz CT molecular complexity index is 732. The first-order chi connectivity index (χ1) is 12.2. The summed E-state index contributed by atoms with van der Waals surface area (Å²) in [6.07, 6.45) is 0.801. The van der Waals surface area contributed by atoms with Gasteiger partial charge < -0.3 is 20.1 Å². The molecule has 2 aromatic rings. The van der Waals surface area contributed by atoms with Gasteiger partial charge in [-0.1, -0.05) is 42.5 Å². The maximum Gasteiger partial charge on any atom is 0.318 e. The lowest BCUT2D eigenvalue weighted by Crippen LogP contribution is -2.46. The highest BCUT2D eigenvalue weighted by Gasteiger charge is 2.29. The average Bonchev–Trinajstić information content (AvgIpc) is 2.66. The molecule has 2 aromatic carbocycles. The molecule has 1 atom stereocenters. The number of hydrogen-bond donors (Lipinski definition) is 2. The number of hydrogen-bond acceptors (Lipinski definition) is 3. The van der Waals surface area contributed by atoms with Crippen molar-refractivity contribution in [1.82, 2.24) is 10.2 Å². The number of para-hydroxylation sites is 1. The van der Waals surface area contributed by atoms with Gasteiger partial charge in [0.15, 0.2) is 0 Å².